The number of nitrogens with one attached hydrogen (secondary N) is 2. The fourth-order valence-corrected chi connectivity index (χ4v) is 13.5. The third-order valence-corrected chi connectivity index (χ3v) is 18.7. The van der Waals surface area contributed by atoms with Gasteiger partial charge in [0.1, 0.15) is 118 Å². The van der Waals surface area contributed by atoms with Crippen LogP contribution in [0, 0.1) is 0 Å². The maximum atomic E-state index is 16.4. The summed E-state index contributed by atoms with van der Waals surface area (Å²) in [5.74, 6) is -1.47. The first-order valence-corrected chi connectivity index (χ1v) is 34.6. The van der Waals surface area contributed by atoms with E-state index in [4.69, 9.17) is 66.3 Å². The van der Waals surface area contributed by atoms with Crippen molar-refractivity contribution in [2.75, 3.05) is 91.9 Å². The molecule has 2 N–H and O–H groups in total. The molecule has 4 aliphatic rings. The van der Waals surface area contributed by atoms with Crippen LogP contribution in [0.4, 0.5) is 11.4 Å². The second-order valence-electron chi connectivity index (χ2n) is 25.3. The number of fused-ring (bicyclic) bond motifs is 2. The second-order valence-corrected chi connectivity index (χ2v) is 25.3. The first-order valence-electron chi connectivity index (χ1n) is 34.6. The summed E-state index contributed by atoms with van der Waals surface area (Å²) < 4.78 is 85.9. The Bertz CT molecular complexity index is 4700. The molecule has 4 aliphatic heterocycles. The number of epoxide rings is 2. The van der Waals surface area contributed by atoms with Gasteiger partial charge in [-0.1, -0.05) is 24.3 Å². The van der Waals surface area contributed by atoms with Crippen LogP contribution < -0.4 is 58.0 Å². The highest BCUT2D eigenvalue weighted by atomic mass is 16.6. The molecule has 0 bridgehead atoms. The van der Waals surface area contributed by atoms with Crippen LogP contribution >= 0.6 is 0 Å². The number of anilines is 2. The molecule has 4 unspecified atom stereocenters. The molecule has 0 aliphatic carbocycles. The molecule has 0 radical (unpaired) electrons. The van der Waals surface area contributed by atoms with Crippen LogP contribution in [-0.4, -0.2) is 151 Å². The van der Waals surface area contributed by atoms with Crippen LogP contribution in [0.3, 0.4) is 0 Å². The number of hydrogen-bond acceptors (Lipinski definition) is 20. The lowest BCUT2D eigenvalue weighted by atomic mass is 9.80. The fourth-order valence-electron chi connectivity index (χ4n) is 13.5. The van der Waals surface area contributed by atoms with Crippen LogP contribution in [0.25, 0.3) is 43.1 Å². The molecular weight excluding hydrogens is 1360 g/mol. The first-order chi connectivity index (χ1) is 51.7. The van der Waals surface area contributed by atoms with Crippen molar-refractivity contribution in [3.05, 3.63) is 192 Å². The average Bonchev–Trinajstić information content (AvgIpc) is 0.852. The number of amides is 6. The Labute approximate surface area is 607 Å². The van der Waals surface area contributed by atoms with Crippen LogP contribution in [0.1, 0.15) is 68.1 Å². The Kier molecular flexibility index (Phi) is 19.6. The Morgan fingerprint density at radius 2 is 0.670 bits per heavy atom. The SMILES string of the molecule is CCOCCC(C(=O)Nc1ccc(OCC2CO2)cc1)N1C(=O)c2cc(Oc3cccc(OC)c3)c3c4c(Oc5cccc(OC)c5)cc5c6c(cc(Oc7cccc(OC)c7)c(c7c(Oc8cccc(OC)c8)cc(c2c37)C1=O)c64)C(=O)N(C(CCOCC)C(=O)Nc1ccc(OCC2CO2)cc1)C5=O. The van der Waals surface area contributed by atoms with Crippen LogP contribution in [0.2, 0.25) is 0 Å². The van der Waals surface area contributed by atoms with E-state index in [0.29, 0.717) is 72.3 Å². The molecule has 2 saturated heterocycles. The molecule has 24 nitrogen and oxygen atoms in total. The molecule has 11 aromatic rings. The van der Waals surface area contributed by atoms with Gasteiger partial charge in [-0.2, -0.15) is 0 Å². The van der Waals surface area contributed by atoms with Crippen LogP contribution in [0.5, 0.6) is 80.5 Å². The van der Waals surface area contributed by atoms with E-state index in [1.54, 1.807) is 159 Å². The Balaban J connectivity index is 1.02. The van der Waals surface area contributed by atoms with Gasteiger partial charge in [0.15, 0.2) is 0 Å². The number of rotatable bonds is 32. The fraction of sp³-hybridized carbons (Fsp3) is 0.244. The number of methoxy groups -OCH3 is 4. The van der Waals surface area contributed by atoms with Gasteiger partial charge >= 0.3 is 0 Å². The quantitative estimate of drug-likeness (QED) is 0.0130. The summed E-state index contributed by atoms with van der Waals surface area (Å²) >= 11 is 0. The molecule has 540 valence electrons. The van der Waals surface area contributed by atoms with Gasteiger partial charge in [-0.15, -0.1) is 0 Å². The molecule has 15 rings (SSSR count). The molecule has 2 fully saturated rings. The Morgan fingerprint density at radius 1 is 0.387 bits per heavy atom. The van der Waals surface area contributed by atoms with Gasteiger partial charge in [0.25, 0.3) is 23.6 Å². The normalized spacial score (nSPS) is 15.5. The van der Waals surface area contributed by atoms with Crippen LogP contribution in [-0.2, 0) is 28.5 Å². The van der Waals surface area contributed by atoms with Crippen molar-refractivity contribution in [1.29, 1.82) is 0 Å². The van der Waals surface area contributed by atoms with Gasteiger partial charge < -0.3 is 76.9 Å². The number of carbonyl (C=O) groups is 6. The Morgan fingerprint density at radius 3 is 0.934 bits per heavy atom. The lowest BCUT2D eigenvalue weighted by Crippen LogP contribution is -2.52. The highest BCUT2D eigenvalue weighted by molar-refractivity contribution is 6.45. The highest BCUT2D eigenvalue weighted by Gasteiger charge is 2.47. The minimum atomic E-state index is -1.50. The summed E-state index contributed by atoms with van der Waals surface area (Å²) in [5.41, 5.74) is 0.372. The van der Waals surface area contributed by atoms with Crippen molar-refractivity contribution in [2.45, 2.75) is 51.0 Å². The van der Waals surface area contributed by atoms with E-state index in [1.807, 2.05) is 0 Å². The zero-order chi connectivity index (χ0) is 73.3. The summed E-state index contributed by atoms with van der Waals surface area (Å²) in [5, 5.41) is 7.16. The molecule has 4 atom stereocenters. The molecule has 0 aromatic heterocycles. The summed E-state index contributed by atoms with van der Waals surface area (Å²) in [6.45, 7) is 5.93. The van der Waals surface area contributed by atoms with E-state index >= 15 is 28.8 Å². The van der Waals surface area contributed by atoms with Crippen LogP contribution in [0.15, 0.2) is 170 Å². The van der Waals surface area contributed by atoms with Gasteiger partial charge in [-0.05, 0) is 135 Å². The van der Waals surface area contributed by atoms with Crippen molar-refractivity contribution < 1.29 is 95.1 Å². The highest BCUT2D eigenvalue weighted by Crippen LogP contribution is 2.58. The van der Waals surface area contributed by atoms with E-state index in [-0.39, 0.29) is 163 Å². The zero-order valence-electron chi connectivity index (χ0n) is 58.6. The van der Waals surface area contributed by atoms with Gasteiger partial charge in [0.05, 0.1) is 63.9 Å². The standard InChI is InChI=1S/C82H72N4O20/c1-7-97-31-29-63(77(87)83-45-21-25-47(26-22-45)99-41-57-43-101-57)85-79(89)59-37-65(103-53-17-9-13-49(33-53)93-3)71-73-67(105-55-19-11-15-51(35-55)95-5)39-61-70-62(82(92)86(81(61)91)64(30-32-98-8-2)78(88)84-46-23-27-48(28-24-46)100-42-58-44-102-58)40-68(106-56-20-12-16-52(36-56)96-6)74(76(70)73)72-66(38-60(80(85)90)69(59)75(71)72)104-54-18-10-14-50(34-54)94-4/h9-28,33-40,57-58,63-64H,7-8,29-32,41-44H2,1-6H3,(H,83,87)(H,84,88). The van der Waals surface area contributed by atoms with Crippen molar-refractivity contribution in [2.24, 2.45) is 0 Å². The third-order valence-electron chi connectivity index (χ3n) is 18.7. The van der Waals surface area contributed by atoms with Crippen molar-refractivity contribution in [3.8, 4) is 80.5 Å². The summed E-state index contributed by atoms with van der Waals surface area (Å²) in [4.78, 5) is 97.9. The second kappa shape index (κ2) is 29.9. The predicted octanol–water partition coefficient (Wildman–Crippen LogP) is 14.6. The average molecular weight is 1430 g/mol. The largest absolute Gasteiger partial charge is 0.497 e. The minimum absolute atomic E-state index is 0.00416. The number of ether oxygens (including phenoxy) is 14. The third kappa shape index (κ3) is 13.8. The molecule has 4 heterocycles. The number of imide groups is 2. The molecule has 24 heteroatoms. The van der Waals surface area contributed by atoms with E-state index in [9.17, 15) is 0 Å². The minimum Gasteiger partial charge on any atom is -0.497 e. The van der Waals surface area contributed by atoms with E-state index < -0.39 is 47.5 Å². The monoisotopic (exact) mass is 1430 g/mol. The lowest BCUT2D eigenvalue weighted by molar-refractivity contribution is -0.121. The maximum Gasteiger partial charge on any atom is 0.262 e. The number of benzene rings is 11. The molecule has 0 saturated carbocycles. The summed E-state index contributed by atoms with van der Waals surface area (Å²) in [7, 11) is 6.01. The Hall–Kier alpha value is -12.2. The molecule has 6 amide bonds. The van der Waals surface area contributed by atoms with E-state index in [1.165, 1.54) is 52.7 Å². The molecular formula is C82H72N4O20. The van der Waals surface area contributed by atoms with Gasteiger partial charge in [-0.3, -0.25) is 38.6 Å². The van der Waals surface area contributed by atoms with Crippen molar-refractivity contribution in [3.63, 3.8) is 0 Å². The topological polar surface area (TPSA) is 269 Å². The van der Waals surface area contributed by atoms with Crippen molar-refractivity contribution in [1.82, 2.24) is 9.80 Å². The lowest BCUT2D eigenvalue weighted by Gasteiger charge is -2.36. The van der Waals surface area contributed by atoms with Gasteiger partial charge in [-0.25, -0.2) is 0 Å². The van der Waals surface area contributed by atoms with E-state index in [0.717, 1.165) is 9.80 Å². The first kappa shape index (κ1) is 69.5. The summed E-state index contributed by atoms with van der Waals surface area (Å²) in [6.07, 6.45) is -0.273. The molecule has 106 heavy (non-hydrogen) atoms. The smallest absolute Gasteiger partial charge is 0.262 e. The maximum absolute atomic E-state index is 16.4. The zero-order valence-corrected chi connectivity index (χ0v) is 58.6. The number of nitrogens with zero attached hydrogens (tertiary/aromatic N) is 2. The van der Waals surface area contributed by atoms with E-state index in [2.05, 4.69) is 10.6 Å². The molecule has 0 spiro atoms. The number of hydrogen-bond donors (Lipinski definition) is 2. The van der Waals surface area contributed by atoms with Crippen molar-refractivity contribution >= 4 is 89.9 Å². The molecule has 11 aromatic carbocycles. The number of carbonyl (C=O) groups excluding carboxylic acids is 6. The van der Waals surface area contributed by atoms with Gasteiger partial charge in [0, 0.05) is 118 Å². The van der Waals surface area contributed by atoms with Gasteiger partial charge in [0.2, 0.25) is 11.8 Å². The predicted molar refractivity (Wildman–Crippen MR) is 391 cm³/mol. The summed E-state index contributed by atoms with van der Waals surface area (Å²) in [6, 6.07) is 43.5.